The van der Waals surface area contributed by atoms with Crippen LogP contribution in [-0.2, 0) is 0 Å². The van der Waals surface area contributed by atoms with Crippen molar-refractivity contribution in [2.24, 2.45) is 5.41 Å². The van der Waals surface area contributed by atoms with E-state index < -0.39 is 11.8 Å². The van der Waals surface area contributed by atoms with E-state index in [0.29, 0.717) is 10.6 Å². The minimum atomic E-state index is -1.14. The van der Waals surface area contributed by atoms with Gasteiger partial charge in [0.1, 0.15) is 17.0 Å². The summed E-state index contributed by atoms with van der Waals surface area (Å²) in [5, 5.41) is 14.6. The number of nitrogens with zero attached hydrogens (tertiary/aromatic N) is 4. The number of thiazole rings is 1. The van der Waals surface area contributed by atoms with Crippen LogP contribution in [0.4, 0.5) is 9.52 Å². The first-order chi connectivity index (χ1) is 19.9. The number of allylic oxidation sites excluding steroid dienone is 1. The lowest BCUT2D eigenvalue weighted by Gasteiger charge is -2.49. The zero-order valence-corrected chi connectivity index (χ0v) is 23.3. The standard InChI is InChI=1S/C32H29FN4O3S/c1-3-19-16-34-17-20(4-2)26(19)27-23(29(40-36-27)21-5-6-21)11-18-14-32(15-18)7-9-37(10-8-32)31-35-28-24(33)12-22(30(38)39)13-25(28)41-31/h3-4,11-13,16-17,21H,1-2,5-10,14-15H2,(H,38,39). The van der Waals surface area contributed by atoms with Gasteiger partial charge in [-0.1, -0.05) is 47.4 Å². The molecule has 3 aliphatic rings. The van der Waals surface area contributed by atoms with Crippen molar-refractivity contribution < 1.29 is 18.8 Å². The molecule has 3 fully saturated rings. The molecule has 0 atom stereocenters. The summed E-state index contributed by atoms with van der Waals surface area (Å²) in [5.74, 6) is -0.332. The highest BCUT2D eigenvalue weighted by Crippen LogP contribution is 2.54. The van der Waals surface area contributed by atoms with E-state index >= 15 is 0 Å². The molecule has 208 valence electrons. The normalized spacial score (nSPS) is 18.0. The first-order valence-electron chi connectivity index (χ1n) is 13.9. The molecule has 1 aromatic carbocycles. The zero-order chi connectivity index (χ0) is 28.3. The van der Waals surface area contributed by atoms with E-state index in [0.717, 1.165) is 96.5 Å². The van der Waals surface area contributed by atoms with Crippen LogP contribution in [0.3, 0.4) is 0 Å². The van der Waals surface area contributed by atoms with E-state index in [-0.39, 0.29) is 16.5 Å². The van der Waals surface area contributed by atoms with E-state index in [1.54, 1.807) is 24.5 Å². The van der Waals surface area contributed by atoms with Crippen molar-refractivity contribution in [2.75, 3.05) is 18.0 Å². The van der Waals surface area contributed by atoms with Gasteiger partial charge in [-0.25, -0.2) is 14.2 Å². The van der Waals surface area contributed by atoms with Crippen molar-refractivity contribution in [3.8, 4) is 11.3 Å². The number of carboxylic acids is 1. The predicted molar refractivity (Wildman–Crippen MR) is 160 cm³/mol. The number of benzene rings is 1. The van der Waals surface area contributed by atoms with Crippen molar-refractivity contribution in [1.29, 1.82) is 0 Å². The average Bonchev–Trinajstić information content (AvgIpc) is 3.57. The fourth-order valence-electron chi connectivity index (χ4n) is 6.33. The van der Waals surface area contributed by atoms with Gasteiger partial charge in [-0.2, -0.15) is 0 Å². The Morgan fingerprint density at radius 3 is 2.49 bits per heavy atom. The molecular formula is C32H29FN4O3S. The molecule has 4 aromatic rings. The second-order valence-corrected chi connectivity index (χ2v) is 12.4. The molecule has 1 N–H and O–H groups in total. The number of piperidine rings is 1. The summed E-state index contributed by atoms with van der Waals surface area (Å²) in [6.07, 6.45) is 15.9. The van der Waals surface area contributed by atoms with Crippen molar-refractivity contribution in [3.05, 3.63) is 77.1 Å². The number of pyridine rings is 1. The van der Waals surface area contributed by atoms with Crippen molar-refractivity contribution >= 4 is 50.9 Å². The van der Waals surface area contributed by atoms with Crippen LogP contribution in [-0.4, -0.2) is 39.3 Å². The topological polar surface area (TPSA) is 92.4 Å². The Morgan fingerprint density at radius 2 is 1.85 bits per heavy atom. The number of hydrogen-bond donors (Lipinski definition) is 1. The number of fused-ring (bicyclic) bond motifs is 1. The molecule has 4 heterocycles. The second kappa shape index (κ2) is 9.76. The molecule has 2 saturated carbocycles. The second-order valence-electron chi connectivity index (χ2n) is 11.4. The molecule has 3 aromatic heterocycles. The number of aromatic nitrogens is 3. The molecule has 1 spiro atoms. The lowest BCUT2D eigenvalue weighted by Crippen LogP contribution is -2.44. The molecule has 0 amide bonds. The third-order valence-electron chi connectivity index (χ3n) is 8.72. The average molecular weight is 569 g/mol. The quantitative estimate of drug-likeness (QED) is 0.243. The van der Waals surface area contributed by atoms with Gasteiger partial charge >= 0.3 is 5.97 Å². The highest BCUT2D eigenvalue weighted by atomic mass is 32.1. The molecule has 0 bridgehead atoms. The molecular weight excluding hydrogens is 539 g/mol. The molecule has 2 aliphatic carbocycles. The Labute approximate surface area is 240 Å². The Morgan fingerprint density at radius 1 is 1.15 bits per heavy atom. The van der Waals surface area contributed by atoms with Gasteiger partial charge in [0, 0.05) is 53.7 Å². The van der Waals surface area contributed by atoms with Crippen LogP contribution in [0.2, 0.25) is 0 Å². The number of carbonyl (C=O) groups is 1. The van der Waals surface area contributed by atoms with Gasteiger partial charge in [0.15, 0.2) is 10.9 Å². The van der Waals surface area contributed by atoms with Crippen LogP contribution >= 0.6 is 11.3 Å². The van der Waals surface area contributed by atoms with Crippen LogP contribution in [0.1, 0.15) is 77.3 Å². The number of halogens is 1. The van der Waals surface area contributed by atoms with E-state index in [9.17, 15) is 14.3 Å². The summed E-state index contributed by atoms with van der Waals surface area (Å²) in [6.45, 7) is 9.64. The maximum atomic E-state index is 14.5. The van der Waals surface area contributed by atoms with Gasteiger partial charge in [-0.05, 0) is 62.1 Å². The molecule has 41 heavy (non-hydrogen) atoms. The summed E-state index contributed by atoms with van der Waals surface area (Å²) >= 11 is 1.36. The highest BCUT2D eigenvalue weighted by Gasteiger charge is 2.44. The first kappa shape index (κ1) is 25.8. The minimum absolute atomic E-state index is 0.0530. The van der Waals surface area contributed by atoms with Crippen molar-refractivity contribution in [2.45, 2.75) is 44.4 Å². The Kier molecular flexibility index (Phi) is 6.15. The van der Waals surface area contributed by atoms with E-state index in [4.69, 9.17) is 4.52 Å². The van der Waals surface area contributed by atoms with E-state index in [1.807, 2.05) is 0 Å². The summed E-state index contributed by atoms with van der Waals surface area (Å²) in [6, 6.07) is 2.55. The van der Waals surface area contributed by atoms with Crippen molar-refractivity contribution in [3.63, 3.8) is 0 Å². The maximum Gasteiger partial charge on any atom is 0.335 e. The molecule has 7 rings (SSSR count). The van der Waals surface area contributed by atoms with Gasteiger partial charge < -0.3 is 14.5 Å². The summed E-state index contributed by atoms with van der Waals surface area (Å²) in [4.78, 5) is 22.4. The zero-order valence-electron chi connectivity index (χ0n) is 22.5. The summed E-state index contributed by atoms with van der Waals surface area (Å²) < 4.78 is 21.0. The van der Waals surface area contributed by atoms with Crippen LogP contribution in [0.5, 0.6) is 0 Å². The van der Waals surface area contributed by atoms with Gasteiger partial charge in [0.25, 0.3) is 0 Å². The van der Waals surface area contributed by atoms with E-state index in [1.165, 1.54) is 23.0 Å². The number of rotatable bonds is 7. The van der Waals surface area contributed by atoms with Gasteiger partial charge in [-0.15, -0.1) is 0 Å². The third-order valence-corrected chi connectivity index (χ3v) is 9.78. The third kappa shape index (κ3) is 4.48. The lowest BCUT2D eigenvalue weighted by molar-refractivity contribution is 0.0696. The van der Waals surface area contributed by atoms with Crippen LogP contribution in [0.25, 0.3) is 39.7 Å². The fraction of sp³-hybridized carbons (Fsp3) is 0.312. The lowest BCUT2D eigenvalue weighted by atomic mass is 9.60. The minimum Gasteiger partial charge on any atom is -0.478 e. The predicted octanol–water partition coefficient (Wildman–Crippen LogP) is 7.81. The smallest absolute Gasteiger partial charge is 0.335 e. The maximum absolute atomic E-state index is 14.5. The molecule has 9 heteroatoms. The fourth-order valence-corrected chi connectivity index (χ4v) is 7.40. The number of carboxylic acid groups (broad SMARTS) is 1. The first-order valence-corrected chi connectivity index (χ1v) is 14.7. The highest BCUT2D eigenvalue weighted by molar-refractivity contribution is 7.22. The largest absolute Gasteiger partial charge is 0.478 e. The molecule has 7 nitrogen and oxygen atoms in total. The number of anilines is 1. The Bertz CT molecular complexity index is 1720. The number of aromatic carboxylic acids is 1. The molecule has 0 unspecified atom stereocenters. The molecule has 1 aliphatic heterocycles. The molecule has 0 radical (unpaired) electrons. The van der Waals surface area contributed by atoms with Crippen LogP contribution in [0.15, 0.2) is 47.8 Å². The molecule has 1 saturated heterocycles. The van der Waals surface area contributed by atoms with Gasteiger partial charge in [0.2, 0.25) is 0 Å². The van der Waals surface area contributed by atoms with E-state index in [2.05, 4.69) is 39.3 Å². The Balaban J connectivity index is 1.10. The monoisotopic (exact) mass is 568 g/mol. The van der Waals surface area contributed by atoms with Gasteiger partial charge in [0.05, 0.1) is 10.3 Å². The number of hydrogen-bond acceptors (Lipinski definition) is 7. The summed E-state index contributed by atoms with van der Waals surface area (Å²) in [5.41, 5.74) is 6.53. The SMILES string of the molecule is C=Cc1cncc(C=C)c1-c1noc(C2CC2)c1C=C1CC2(CCN(c3nc4c(F)cc(C(=O)O)cc4s3)CC2)C1. The van der Waals surface area contributed by atoms with Crippen LogP contribution in [0, 0.1) is 11.2 Å². The van der Waals surface area contributed by atoms with Crippen LogP contribution < -0.4 is 4.90 Å². The Hall–Kier alpha value is -4.11. The summed E-state index contributed by atoms with van der Waals surface area (Å²) in [7, 11) is 0. The van der Waals surface area contributed by atoms with Crippen molar-refractivity contribution in [1.82, 2.24) is 15.1 Å². The van der Waals surface area contributed by atoms with Gasteiger partial charge in [-0.3, -0.25) is 4.98 Å².